The quantitative estimate of drug-likeness (QED) is 0.735. The first-order valence-corrected chi connectivity index (χ1v) is 5.85. The van der Waals surface area contributed by atoms with Gasteiger partial charge in [0.15, 0.2) is 0 Å². The zero-order valence-corrected chi connectivity index (χ0v) is 10.3. The lowest BCUT2D eigenvalue weighted by Crippen LogP contribution is -2.05. The van der Waals surface area contributed by atoms with E-state index in [-0.39, 0.29) is 5.78 Å². The second-order valence-corrected chi connectivity index (χ2v) is 4.42. The molecular weight excluding hydrogens is 200 g/mol. The fourth-order valence-corrected chi connectivity index (χ4v) is 1.36. The molecular formula is C14H20O2. The number of carbonyl (C=O) groups is 1. The number of benzene rings is 1. The molecule has 16 heavy (non-hydrogen) atoms. The average Bonchev–Trinajstić information content (AvgIpc) is 2.26. The van der Waals surface area contributed by atoms with Crippen molar-refractivity contribution >= 4 is 5.78 Å². The molecule has 0 unspecified atom stereocenters. The van der Waals surface area contributed by atoms with Gasteiger partial charge in [0.2, 0.25) is 0 Å². The highest BCUT2D eigenvalue weighted by atomic mass is 16.5. The Hall–Kier alpha value is -1.31. The Bertz CT molecular complexity index is 342. The van der Waals surface area contributed by atoms with Crippen LogP contribution in [0.15, 0.2) is 24.3 Å². The summed E-state index contributed by atoms with van der Waals surface area (Å²) in [5, 5.41) is 0. The summed E-state index contributed by atoms with van der Waals surface area (Å²) in [6.45, 7) is 6.83. The number of ether oxygens (including phenoxy) is 1. The minimum atomic E-state index is 0.265. The van der Waals surface area contributed by atoms with Gasteiger partial charge in [0, 0.05) is 12.8 Å². The van der Waals surface area contributed by atoms with E-state index in [0.717, 1.165) is 11.3 Å². The maximum absolute atomic E-state index is 11.3. The molecule has 0 fully saturated rings. The molecule has 1 aromatic carbocycles. The first-order chi connectivity index (χ1) is 7.61. The van der Waals surface area contributed by atoms with E-state index in [1.54, 1.807) is 0 Å². The van der Waals surface area contributed by atoms with Crippen LogP contribution in [0, 0.1) is 5.92 Å². The van der Waals surface area contributed by atoms with Gasteiger partial charge in [0.1, 0.15) is 11.5 Å². The van der Waals surface area contributed by atoms with Gasteiger partial charge in [-0.1, -0.05) is 32.9 Å². The lowest BCUT2D eigenvalue weighted by molar-refractivity contribution is -0.118. The van der Waals surface area contributed by atoms with Crippen molar-refractivity contribution in [2.45, 2.75) is 33.6 Å². The van der Waals surface area contributed by atoms with E-state index >= 15 is 0 Å². The Kier molecular flexibility index (Phi) is 5.03. The second-order valence-electron chi connectivity index (χ2n) is 4.42. The van der Waals surface area contributed by atoms with Gasteiger partial charge < -0.3 is 4.74 Å². The summed E-state index contributed by atoms with van der Waals surface area (Å²) in [6.07, 6.45) is 1.10. The van der Waals surface area contributed by atoms with Crippen LogP contribution in [-0.4, -0.2) is 12.4 Å². The smallest absolute Gasteiger partial charge is 0.136 e. The minimum absolute atomic E-state index is 0.265. The molecule has 2 heteroatoms. The molecule has 0 N–H and O–H groups in total. The van der Waals surface area contributed by atoms with Gasteiger partial charge in [-0.15, -0.1) is 0 Å². The largest absolute Gasteiger partial charge is 0.493 e. The van der Waals surface area contributed by atoms with E-state index in [4.69, 9.17) is 4.74 Å². The van der Waals surface area contributed by atoms with Gasteiger partial charge in [-0.05, 0) is 23.6 Å². The molecule has 0 spiro atoms. The number of hydrogen-bond acceptors (Lipinski definition) is 2. The summed E-state index contributed by atoms with van der Waals surface area (Å²) in [7, 11) is 0. The van der Waals surface area contributed by atoms with Crippen LogP contribution in [0.2, 0.25) is 0 Å². The van der Waals surface area contributed by atoms with E-state index in [2.05, 4.69) is 13.8 Å². The molecule has 2 nitrogen and oxygen atoms in total. The van der Waals surface area contributed by atoms with Crippen LogP contribution in [0.5, 0.6) is 5.75 Å². The lowest BCUT2D eigenvalue weighted by Gasteiger charge is -2.09. The molecule has 0 aliphatic heterocycles. The van der Waals surface area contributed by atoms with Gasteiger partial charge in [-0.3, -0.25) is 4.79 Å². The number of carbonyl (C=O) groups excluding carboxylic acids is 1. The second kappa shape index (κ2) is 6.31. The van der Waals surface area contributed by atoms with E-state index in [0.29, 0.717) is 25.4 Å². The molecule has 0 radical (unpaired) electrons. The Morgan fingerprint density at radius 1 is 1.38 bits per heavy atom. The maximum Gasteiger partial charge on any atom is 0.136 e. The van der Waals surface area contributed by atoms with Crippen molar-refractivity contribution in [2.75, 3.05) is 6.61 Å². The van der Waals surface area contributed by atoms with Gasteiger partial charge in [-0.2, -0.15) is 0 Å². The highest BCUT2D eigenvalue weighted by molar-refractivity contribution is 5.80. The molecule has 1 aromatic rings. The Morgan fingerprint density at radius 2 is 2.12 bits per heavy atom. The van der Waals surface area contributed by atoms with Gasteiger partial charge in [-0.25, -0.2) is 0 Å². The van der Waals surface area contributed by atoms with Gasteiger partial charge >= 0.3 is 0 Å². The van der Waals surface area contributed by atoms with Crippen molar-refractivity contribution in [3.05, 3.63) is 29.8 Å². The van der Waals surface area contributed by atoms with Crippen LogP contribution >= 0.6 is 0 Å². The normalized spacial score (nSPS) is 10.5. The van der Waals surface area contributed by atoms with Crippen molar-refractivity contribution in [1.29, 1.82) is 0 Å². The molecule has 1 rings (SSSR count). The molecule has 0 atom stereocenters. The summed E-state index contributed by atoms with van der Waals surface area (Å²) in [4.78, 5) is 11.3. The molecule has 0 saturated heterocycles. The van der Waals surface area contributed by atoms with Crippen LogP contribution in [0.1, 0.15) is 32.8 Å². The van der Waals surface area contributed by atoms with Gasteiger partial charge in [0.25, 0.3) is 0 Å². The highest BCUT2D eigenvalue weighted by Crippen LogP contribution is 2.15. The molecule has 0 saturated carbocycles. The lowest BCUT2D eigenvalue weighted by atomic mass is 10.1. The first kappa shape index (κ1) is 12.8. The first-order valence-electron chi connectivity index (χ1n) is 5.85. The minimum Gasteiger partial charge on any atom is -0.493 e. The van der Waals surface area contributed by atoms with Crippen LogP contribution in [-0.2, 0) is 11.2 Å². The predicted octanol–water partition coefficient (Wildman–Crippen LogP) is 3.24. The highest BCUT2D eigenvalue weighted by Gasteiger charge is 2.03. The number of rotatable bonds is 6. The SMILES string of the molecule is CCC(=O)Cc1cccc(OCC(C)C)c1. The number of Topliss-reactive ketones (excluding diaryl/α,β-unsaturated/α-hetero) is 1. The molecule has 0 aliphatic carbocycles. The Morgan fingerprint density at radius 3 is 2.75 bits per heavy atom. The topological polar surface area (TPSA) is 26.3 Å². The van der Waals surface area contributed by atoms with Crippen molar-refractivity contribution < 1.29 is 9.53 Å². The van der Waals surface area contributed by atoms with Gasteiger partial charge in [0.05, 0.1) is 6.61 Å². The molecule has 0 heterocycles. The van der Waals surface area contributed by atoms with Crippen molar-refractivity contribution in [1.82, 2.24) is 0 Å². The third-order valence-corrected chi connectivity index (χ3v) is 2.28. The summed E-state index contributed by atoms with van der Waals surface area (Å²) in [5.41, 5.74) is 1.04. The van der Waals surface area contributed by atoms with E-state index in [1.165, 1.54) is 0 Å². The van der Waals surface area contributed by atoms with Crippen molar-refractivity contribution in [3.8, 4) is 5.75 Å². The molecule has 0 amide bonds. The zero-order valence-electron chi connectivity index (χ0n) is 10.3. The fraction of sp³-hybridized carbons (Fsp3) is 0.500. The summed E-state index contributed by atoms with van der Waals surface area (Å²) in [6, 6.07) is 7.79. The van der Waals surface area contributed by atoms with E-state index < -0.39 is 0 Å². The summed E-state index contributed by atoms with van der Waals surface area (Å²) in [5.74, 6) is 1.64. The van der Waals surface area contributed by atoms with Crippen LogP contribution in [0.4, 0.5) is 0 Å². The van der Waals surface area contributed by atoms with Crippen LogP contribution in [0.25, 0.3) is 0 Å². The van der Waals surface area contributed by atoms with E-state index in [9.17, 15) is 4.79 Å². The number of ketones is 1. The third-order valence-electron chi connectivity index (χ3n) is 2.28. The molecule has 88 valence electrons. The average molecular weight is 220 g/mol. The summed E-state index contributed by atoms with van der Waals surface area (Å²) < 4.78 is 5.61. The standard InChI is InChI=1S/C14H20O2/c1-4-13(15)8-12-6-5-7-14(9-12)16-10-11(2)3/h5-7,9,11H,4,8,10H2,1-3H3. The molecule has 0 aliphatic rings. The predicted molar refractivity (Wildman–Crippen MR) is 65.8 cm³/mol. The van der Waals surface area contributed by atoms with E-state index in [1.807, 2.05) is 31.2 Å². The zero-order chi connectivity index (χ0) is 12.0. The Balaban J connectivity index is 2.60. The fourth-order valence-electron chi connectivity index (χ4n) is 1.36. The molecule has 0 aromatic heterocycles. The third kappa shape index (κ3) is 4.47. The van der Waals surface area contributed by atoms with Crippen molar-refractivity contribution in [2.24, 2.45) is 5.92 Å². The summed E-state index contributed by atoms with van der Waals surface area (Å²) >= 11 is 0. The monoisotopic (exact) mass is 220 g/mol. The van der Waals surface area contributed by atoms with Crippen molar-refractivity contribution in [3.63, 3.8) is 0 Å². The number of hydrogen-bond donors (Lipinski definition) is 0. The molecule has 0 bridgehead atoms. The maximum atomic E-state index is 11.3. The van der Waals surface area contributed by atoms with Crippen LogP contribution < -0.4 is 4.74 Å². The Labute approximate surface area is 97.6 Å². The van der Waals surface area contributed by atoms with Crippen LogP contribution in [0.3, 0.4) is 0 Å².